The Bertz CT molecular complexity index is 895. The van der Waals surface area contributed by atoms with Gasteiger partial charge in [-0.1, -0.05) is 84.7 Å². The fourth-order valence-electron chi connectivity index (χ4n) is 2.85. The van der Waals surface area contributed by atoms with Crippen molar-refractivity contribution in [1.82, 2.24) is 0 Å². The summed E-state index contributed by atoms with van der Waals surface area (Å²) in [5.74, 6) is 6.73. The Hall–Kier alpha value is -2.30. The van der Waals surface area contributed by atoms with Gasteiger partial charge in [-0.15, -0.1) is 0 Å². The number of benzene rings is 3. The summed E-state index contributed by atoms with van der Waals surface area (Å²) in [5, 5.41) is 4.12. The molecule has 0 heterocycles. The van der Waals surface area contributed by atoms with E-state index in [1.807, 2.05) is 0 Å². The lowest BCUT2D eigenvalue weighted by molar-refractivity contribution is 1.46. The van der Waals surface area contributed by atoms with E-state index in [9.17, 15) is 0 Å². The van der Waals surface area contributed by atoms with Gasteiger partial charge in [-0.2, -0.15) is 0 Å². The molecule has 0 atom stereocenters. The van der Waals surface area contributed by atoms with E-state index >= 15 is 0 Å². The minimum absolute atomic E-state index is 1.07. The Balaban J connectivity index is 2.17. The fourth-order valence-corrected chi connectivity index (χ4v) is 4.47. The molecule has 0 aliphatic rings. The third kappa shape index (κ3) is 3.38. The molecule has 0 aromatic heterocycles. The molecule has 0 aliphatic heterocycles. The molecule has 3 rings (SSSR count). The molecule has 0 aliphatic carbocycles. The number of hydrogen-bond acceptors (Lipinski definition) is 0. The second-order valence-corrected chi connectivity index (χ2v) is 12.1. The Labute approximate surface area is 140 Å². The lowest BCUT2D eigenvalue weighted by Crippen LogP contribution is -2.38. The number of aryl methyl sites for hydroxylation is 1. The quantitative estimate of drug-likeness (QED) is 0.433. The first kappa shape index (κ1) is 15.6. The standard InChI is InChI=1S/C22H22Si/c1-17-11-13-18(14-12-17)15-16-20-8-5-7-19-9-6-10-21(22(19)20)23(2,3)4/h5-14H,1-4H3. The SMILES string of the molecule is Cc1ccc(C#Cc2cccc3cccc([Si](C)(C)C)c23)cc1. The molecule has 0 nitrogen and oxygen atoms in total. The first-order valence-electron chi connectivity index (χ1n) is 8.06. The Morgan fingerprint density at radius 3 is 2.04 bits per heavy atom. The van der Waals surface area contributed by atoms with Gasteiger partial charge in [0, 0.05) is 11.1 Å². The van der Waals surface area contributed by atoms with Crippen molar-refractivity contribution in [3.63, 3.8) is 0 Å². The van der Waals surface area contributed by atoms with Crippen molar-refractivity contribution in [3.05, 3.63) is 77.4 Å². The first-order valence-corrected chi connectivity index (χ1v) is 11.6. The van der Waals surface area contributed by atoms with Gasteiger partial charge in [-0.05, 0) is 35.9 Å². The van der Waals surface area contributed by atoms with E-state index < -0.39 is 8.07 Å². The predicted octanol–water partition coefficient (Wildman–Crippen LogP) is 5.09. The lowest BCUT2D eigenvalue weighted by atomic mass is 10.0. The van der Waals surface area contributed by atoms with Crippen molar-refractivity contribution in [1.29, 1.82) is 0 Å². The van der Waals surface area contributed by atoms with Gasteiger partial charge < -0.3 is 0 Å². The Morgan fingerprint density at radius 2 is 1.39 bits per heavy atom. The van der Waals surface area contributed by atoms with Gasteiger partial charge in [0.15, 0.2) is 0 Å². The zero-order chi connectivity index (χ0) is 16.4. The molecule has 3 aromatic rings. The van der Waals surface area contributed by atoms with Gasteiger partial charge in [0.2, 0.25) is 0 Å². The van der Waals surface area contributed by atoms with Crippen LogP contribution in [-0.2, 0) is 0 Å². The Morgan fingerprint density at radius 1 is 0.739 bits per heavy atom. The number of fused-ring (bicyclic) bond motifs is 1. The number of hydrogen-bond donors (Lipinski definition) is 0. The van der Waals surface area contributed by atoms with Crippen molar-refractivity contribution < 1.29 is 0 Å². The summed E-state index contributed by atoms with van der Waals surface area (Å²) in [7, 11) is -1.41. The van der Waals surface area contributed by atoms with Crippen molar-refractivity contribution >= 4 is 24.0 Å². The second kappa shape index (κ2) is 6.06. The van der Waals surface area contributed by atoms with Gasteiger partial charge in [-0.3, -0.25) is 0 Å². The minimum Gasteiger partial charge on any atom is -0.0656 e. The predicted molar refractivity (Wildman–Crippen MR) is 104 cm³/mol. The molecule has 0 fully saturated rings. The van der Waals surface area contributed by atoms with E-state index in [4.69, 9.17) is 0 Å². The summed E-state index contributed by atoms with van der Waals surface area (Å²) in [6.07, 6.45) is 0. The molecule has 0 unspecified atom stereocenters. The van der Waals surface area contributed by atoms with Crippen LogP contribution in [0, 0.1) is 18.8 Å². The van der Waals surface area contributed by atoms with Gasteiger partial charge in [0.05, 0.1) is 8.07 Å². The van der Waals surface area contributed by atoms with Crippen LogP contribution in [0.1, 0.15) is 16.7 Å². The van der Waals surface area contributed by atoms with E-state index in [0.29, 0.717) is 0 Å². The van der Waals surface area contributed by atoms with Crippen LogP contribution >= 0.6 is 0 Å². The van der Waals surface area contributed by atoms with E-state index in [0.717, 1.165) is 11.1 Å². The normalized spacial score (nSPS) is 11.1. The summed E-state index contributed by atoms with van der Waals surface area (Å²) in [6.45, 7) is 9.28. The van der Waals surface area contributed by atoms with Gasteiger partial charge >= 0.3 is 0 Å². The summed E-state index contributed by atoms with van der Waals surface area (Å²) < 4.78 is 0. The molecule has 23 heavy (non-hydrogen) atoms. The third-order valence-corrected chi connectivity index (χ3v) is 6.14. The van der Waals surface area contributed by atoms with Crippen LogP contribution in [0.15, 0.2) is 60.7 Å². The smallest absolute Gasteiger partial charge is 0.0656 e. The van der Waals surface area contributed by atoms with E-state index in [-0.39, 0.29) is 0 Å². The molecule has 0 spiro atoms. The molecule has 0 N–H and O–H groups in total. The molecule has 0 bridgehead atoms. The van der Waals surface area contributed by atoms with Crippen LogP contribution in [0.5, 0.6) is 0 Å². The minimum atomic E-state index is -1.41. The van der Waals surface area contributed by atoms with Crippen LogP contribution < -0.4 is 5.19 Å². The van der Waals surface area contributed by atoms with Crippen molar-refractivity contribution in [2.75, 3.05) is 0 Å². The third-order valence-electron chi connectivity index (χ3n) is 4.11. The zero-order valence-corrected chi connectivity index (χ0v) is 15.3. The van der Waals surface area contributed by atoms with Crippen LogP contribution in [-0.4, -0.2) is 8.07 Å². The van der Waals surface area contributed by atoms with Gasteiger partial charge in [-0.25, -0.2) is 0 Å². The highest BCUT2D eigenvalue weighted by Gasteiger charge is 2.20. The molecule has 0 saturated carbocycles. The monoisotopic (exact) mass is 314 g/mol. The fraction of sp³-hybridized carbons (Fsp3) is 0.182. The van der Waals surface area contributed by atoms with Crippen LogP contribution in [0.25, 0.3) is 10.8 Å². The molecule has 114 valence electrons. The van der Waals surface area contributed by atoms with E-state index in [1.54, 1.807) is 0 Å². The van der Waals surface area contributed by atoms with Gasteiger partial charge in [0.1, 0.15) is 0 Å². The molecule has 1 heteroatoms. The van der Waals surface area contributed by atoms with Gasteiger partial charge in [0.25, 0.3) is 0 Å². The van der Waals surface area contributed by atoms with Crippen molar-refractivity contribution in [2.24, 2.45) is 0 Å². The lowest BCUT2D eigenvalue weighted by Gasteiger charge is -2.20. The maximum atomic E-state index is 3.41. The summed E-state index contributed by atoms with van der Waals surface area (Å²) >= 11 is 0. The summed E-state index contributed by atoms with van der Waals surface area (Å²) in [4.78, 5) is 0. The van der Waals surface area contributed by atoms with Crippen molar-refractivity contribution in [3.8, 4) is 11.8 Å². The maximum Gasteiger partial charge on any atom is 0.0784 e. The largest absolute Gasteiger partial charge is 0.0784 e. The van der Waals surface area contributed by atoms with Crippen LogP contribution in [0.4, 0.5) is 0 Å². The van der Waals surface area contributed by atoms with E-state index in [1.165, 1.54) is 21.5 Å². The average molecular weight is 315 g/mol. The van der Waals surface area contributed by atoms with Crippen molar-refractivity contribution in [2.45, 2.75) is 26.6 Å². The van der Waals surface area contributed by atoms with Crippen LogP contribution in [0.3, 0.4) is 0 Å². The number of rotatable bonds is 1. The summed E-state index contributed by atoms with van der Waals surface area (Å²) in [5.41, 5.74) is 3.47. The summed E-state index contributed by atoms with van der Waals surface area (Å²) in [6, 6.07) is 21.5. The zero-order valence-electron chi connectivity index (χ0n) is 14.3. The molecule has 0 saturated heterocycles. The highest BCUT2D eigenvalue weighted by atomic mass is 28.3. The Kier molecular flexibility index (Phi) is 4.11. The molecule has 0 amide bonds. The first-order chi connectivity index (χ1) is 10.9. The highest BCUT2D eigenvalue weighted by Crippen LogP contribution is 2.20. The molecule has 3 aromatic carbocycles. The maximum absolute atomic E-state index is 3.41. The highest BCUT2D eigenvalue weighted by molar-refractivity contribution is 6.90. The van der Waals surface area contributed by atoms with E-state index in [2.05, 4.69) is 99.1 Å². The average Bonchev–Trinajstić information content (AvgIpc) is 2.53. The molecular formula is C22H22Si. The molecular weight excluding hydrogens is 292 g/mol. The second-order valence-electron chi connectivity index (χ2n) is 7.08. The molecule has 0 radical (unpaired) electrons. The topological polar surface area (TPSA) is 0 Å². The van der Waals surface area contributed by atoms with Crippen LogP contribution in [0.2, 0.25) is 19.6 Å².